The third-order valence-corrected chi connectivity index (χ3v) is 2.67. The van der Waals surface area contributed by atoms with Gasteiger partial charge in [-0.15, -0.1) is 0 Å². The van der Waals surface area contributed by atoms with E-state index in [-0.39, 0.29) is 6.04 Å². The molecule has 1 heterocycles. The summed E-state index contributed by atoms with van der Waals surface area (Å²) >= 11 is 0. The van der Waals surface area contributed by atoms with Crippen LogP contribution in [0.3, 0.4) is 0 Å². The fraction of sp³-hybridized carbons (Fsp3) is 0.385. The van der Waals surface area contributed by atoms with Crippen LogP contribution in [0.2, 0.25) is 0 Å². The van der Waals surface area contributed by atoms with E-state index in [0.29, 0.717) is 6.61 Å². The fourth-order valence-corrected chi connectivity index (χ4v) is 1.91. The SMILES string of the molecule is CCOc1ccc2oc(C(C)N)c(C)c2c1. The summed E-state index contributed by atoms with van der Waals surface area (Å²) in [6.45, 7) is 6.59. The molecule has 0 aliphatic rings. The van der Waals surface area contributed by atoms with E-state index < -0.39 is 0 Å². The maximum absolute atomic E-state index is 5.85. The van der Waals surface area contributed by atoms with E-state index >= 15 is 0 Å². The molecule has 0 spiro atoms. The minimum Gasteiger partial charge on any atom is -0.494 e. The number of nitrogens with two attached hydrogens (primary N) is 1. The Kier molecular flexibility index (Phi) is 2.88. The first-order valence-corrected chi connectivity index (χ1v) is 5.55. The number of aryl methyl sites for hydroxylation is 1. The fourth-order valence-electron chi connectivity index (χ4n) is 1.91. The highest BCUT2D eigenvalue weighted by Crippen LogP contribution is 2.31. The van der Waals surface area contributed by atoms with Gasteiger partial charge in [0.25, 0.3) is 0 Å². The Morgan fingerprint density at radius 1 is 1.44 bits per heavy atom. The van der Waals surface area contributed by atoms with Gasteiger partial charge in [-0.05, 0) is 39.0 Å². The normalized spacial score (nSPS) is 13.0. The van der Waals surface area contributed by atoms with E-state index in [0.717, 1.165) is 28.0 Å². The van der Waals surface area contributed by atoms with Crippen LogP contribution in [-0.2, 0) is 0 Å². The number of hydrogen-bond donors (Lipinski definition) is 1. The maximum atomic E-state index is 5.85. The molecule has 0 radical (unpaired) electrons. The van der Waals surface area contributed by atoms with Gasteiger partial charge in [-0.1, -0.05) is 0 Å². The topological polar surface area (TPSA) is 48.4 Å². The monoisotopic (exact) mass is 219 g/mol. The summed E-state index contributed by atoms with van der Waals surface area (Å²) in [5, 5.41) is 1.08. The minimum absolute atomic E-state index is 0.0806. The molecule has 0 saturated carbocycles. The number of ether oxygens (including phenoxy) is 1. The van der Waals surface area contributed by atoms with E-state index in [2.05, 4.69) is 0 Å². The highest BCUT2D eigenvalue weighted by molar-refractivity contribution is 5.83. The lowest BCUT2D eigenvalue weighted by Crippen LogP contribution is -2.04. The molecule has 3 heteroatoms. The Labute approximate surface area is 95.2 Å². The molecule has 0 aliphatic carbocycles. The molecule has 1 unspecified atom stereocenters. The van der Waals surface area contributed by atoms with Gasteiger partial charge in [-0.2, -0.15) is 0 Å². The van der Waals surface area contributed by atoms with Crippen LogP contribution >= 0.6 is 0 Å². The van der Waals surface area contributed by atoms with Crippen LogP contribution in [-0.4, -0.2) is 6.61 Å². The number of benzene rings is 1. The quantitative estimate of drug-likeness (QED) is 0.862. The first-order valence-electron chi connectivity index (χ1n) is 5.55. The van der Waals surface area contributed by atoms with Gasteiger partial charge in [0.1, 0.15) is 17.1 Å². The molecule has 0 aliphatic heterocycles. The highest BCUT2D eigenvalue weighted by Gasteiger charge is 2.13. The van der Waals surface area contributed by atoms with Crippen molar-refractivity contribution in [3.8, 4) is 5.75 Å². The maximum Gasteiger partial charge on any atom is 0.134 e. The average molecular weight is 219 g/mol. The second-order valence-corrected chi connectivity index (χ2v) is 3.97. The molecule has 1 atom stereocenters. The van der Waals surface area contributed by atoms with Crippen molar-refractivity contribution in [2.24, 2.45) is 5.73 Å². The van der Waals surface area contributed by atoms with Crippen molar-refractivity contribution >= 4 is 11.0 Å². The van der Waals surface area contributed by atoms with Crippen molar-refractivity contribution in [2.45, 2.75) is 26.8 Å². The van der Waals surface area contributed by atoms with Crippen LogP contribution in [0.5, 0.6) is 5.75 Å². The predicted molar refractivity (Wildman–Crippen MR) is 64.7 cm³/mol. The van der Waals surface area contributed by atoms with E-state index in [4.69, 9.17) is 14.9 Å². The van der Waals surface area contributed by atoms with Crippen LogP contribution in [0.15, 0.2) is 22.6 Å². The van der Waals surface area contributed by atoms with Gasteiger partial charge in [0.15, 0.2) is 0 Å². The average Bonchev–Trinajstić information content (AvgIpc) is 2.57. The van der Waals surface area contributed by atoms with E-state index in [1.165, 1.54) is 0 Å². The molecule has 1 aromatic heterocycles. The third kappa shape index (κ3) is 1.78. The van der Waals surface area contributed by atoms with Crippen molar-refractivity contribution in [2.75, 3.05) is 6.61 Å². The molecule has 1 aromatic carbocycles. The van der Waals surface area contributed by atoms with Gasteiger partial charge in [-0.25, -0.2) is 0 Å². The van der Waals surface area contributed by atoms with Crippen LogP contribution in [0.4, 0.5) is 0 Å². The van der Waals surface area contributed by atoms with E-state index in [9.17, 15) is 0 Å². The first-order chi connectivity index (χ1) is 7.63. The van der Waals surface area contributed by atoms with Gasteiger partial charge in [0.05, 0.1) is 12.6 Å². The van der Waals surface area contributed by atoms with E-state index in [1.807, 2.05) is 39.0 Å². The second kappa shape index (κ2) is 4.18. The van der Waals surface area contributed by atoms with Crippen molar-refractivity contribution < 1.29 is 9.15 Å². The summed E-state index contributed by atoms with van der Waals surface area (Å²) in [5.74, 6) is 1.72. The van der Waals surface area contributed by atoms with Crippen LogP contribution in [0.1, 0.15) is 31.2 Å². The molecule has 0 bridgehead atoms. The van der Waals surface area contributed by atoms with Gasteiger partial charge >= 0.3 is 0 Å². The van der Waals surface area contributed by atoms with Crippen LogP contribution in [0.25, 0.3) is 11.0 Å². The number of hydrogen-bond acceptors (Lipinski definition) is 3. The molecular formula is C13H17NO2. The Hall–Kier alpha value is -1.48. The predicted octanol–water partition coefficient (Wildman–Crippen LogP) is 3.16. The molecular weight excluding hydrogens is 202 g/mol. The Bertz CT molecular complexity index is 500. The largest absolute Gasteiger partial charge is 0.494 e. The smallest absolute Gasteiger partial charge is 0.134 e. The van der Waals surface area contributed by atoms with Crippen LogP contribution < -0.4 is 10.5 Å². The molecule has 2 N–H and O–H groups in total. The Morgan fingerprint density at radius 3 is 2.81 bits per heavy atom. The summed E-state index contributed by atoms with van der Waals surface area (Å²) in [4.78, 5) is 0. The summed E-state index contributed by atoms with van der Waals surface area (Å²) in [6.07, 6.45) is 0. The first kappa shape index (κ1) is 11.0. The standard InChI is InChI=1S/C13H17NO2/c1-4-15-10-5-6-12-11(7-10)8(2)13(16-12)9(3)14/h5-7,9H,4,14H2,1-3H3. The molecule has 3 nitrogen and oxygen atoms in total. The summed E-state index contributed by atoms with van der Waals surface area (Å²) in [7, 11) is 0. The van der Waals surface area contributed by atoms with Gasteiger partial charge in [-0.3, -0.25) is 0 Å². The second-order valence-electron chi connectivity index (χ2n) is 3.97. The zero-order valence-corrected chi connectivity index (χ0v) is 9.91. The number of furan rings is 1. The lowest BCUT2D eigenvalue weighted by Gasteiger charge is -2.02. The third-order valence-electron chi connectivity index (χ3n) is 2.67. The van der Waals surface area contributed by atoms with Gasteiger partial charge in [0, 0.05) is 10.9 Å². The zero-order chi connectivity index (χ0) is 11.7. The lowest BCUT2D eigenvalue weighted by atomic mass is 10.1. The summed E-state index contributed by atoms with van der Waals surface area (Å²) < 4.78 is 11.2. The summed E-state index contributed by atoms with van der Waals surface area (Å²) in [5.41, 5.74) is 7.82. The molecule has 86 valence electrons. The van der Waals surface area contributed by atoms with Gasteiger partial charge < -0.3 is 14.9 Å². The lowest BCUT2D eigenvalue weighted by molar-refractivity contribution is 0.340. The molecule has 16 heavy (non-hydrogen) atoms. The van der Waals surface area contributed by atoms with Crippen LogP contribution in [0, 0.1) is 6.92 Å². The van der Waals surface area contributed by atoms with Crippen molar-refractivity contribution in [1.82, 2.24) is 0 Å². The Morgan fingerprint density at radius 2 is 2.19 bits per heavy atom. The number of rotatable bonds is 3. The number of fused-ring (bicyclic) bond motifs is 1. The molecule has 0 amide bonds. The Balaban J connectivity index is 2.55. The molecule has 0 saturated heterocycles. The van der Waals surface area contributed by atoms with Crippen molar-refractivity contribution in [3.63, 3.8) is 0 Å². The summed E-state index contributed by atoms with van der Waals surface area (Å²) in [6, 6.07) is 5.77. The van der Waals surface area contributed by atoms with E-state index in [1.54, 1.807) is 0 Å². The van der Waals surface area contributed by atoms with Crippen molar-refractivity contribution in [3.05, 3.63) is 29.5 Å². The molecule has 2 aromatic rings. The minimum atomic E-state index is -0.0806. The molecule has 2 rings (SSSR count). The highest BCUT2D eigenvalue weighted by atomic mass is 16.5. The van der Waals surface area contributed by atoms with Gasteiger partial charge in [0.2, 0.25) is 0 Å². The van der Waals surface area contributed by atoms with Crippen molar-refractivity contribution in [1.29, 1.82) is 0 Å². The zero-order valence-electron chi connectivity index (χ0n) is 9.91. The molecule has 0 fully saturated rings.